The third-order valence-corrected chi connectivity index (χ3v) is 4.27. The van der Waals surface area contributed by atoms with Gasteiger partial charge in [-0.1, -0.05) is 5.16 Å². The Hall–Kier alpha value is -1.27. The second kappa shape index (κ2) is 5.61. The lowest BCUT2D eigenvalue weighted by molar-refractivity contribution is -0.119. The highest BCUT2D eigenvalue weighted by molar-refractivity contribution is 5.84. The van der Waals surface area contributed by atoms with Crippen LogP contribution in [-0.2, 0) is 17.6 Å². The summed E-state index contributed by atoms with van der Waals surface area (Å²) in [7, 11) is 4.27. The normalized spacial score (nSPS) is 25.0. The number of likely N-dealkylation sites (N-methyl/N-ethyl adjacent to an activating group) is 2. The molecule has 1 aliphatic carbocycles. The van der Waals surface area contributed by atoms with Crippen LogP contribution in [-0.4, -0.2) is 65.5 Å². The van der Waals surface area contributed by atoms with Gasteiger partial charge in [0.25, 0.3) is 0 Å². The van der Waals surface area contributed by atoms with E-state index < -0.39 is 0 Å². The number of ketones is 1. The minimum absolute atomic E-state index is 0.245. The quantitative estimate of drug-likeness (QED) is 0.776. The Morgan fingerprint density at radius 1 is 1.35 bits per heavy atom. The minimum atomic E-state index is 0.245. The highest BCUT2D eigenvalue weighted by atomic mass is 16.5. The molecule has 0 amide bonds. The SMILES string of the molecule is CN1CCN(C)C(Cc2noc(CC(=O)C3CC3)n2)C1. The summed E-state index contributed by atoms with van der Waals surface area (Å²) in [4.78, 5) is 20.8. The largest absolute Gasteiger partial charge is 0.339 e. The number of rotatable bonds is 5. The van der Waals surface area contributed by atoms with E-state index in [0.717, 1.165) is 44.7 Å². The van der Waals surface area contributed by atoms with Crippen LogP contribution in [0, 0.1) is 5.92 Å². The molecule has 0 aromatic carbocycles. The Bertz CT molecular complexity index is 483. The number of Topliss-reactive ketones (excluding diaryl/α,β-unsaturated/α-hetero) is 1. The van der Waals surface area contributed by atoms with Crippen LogP contribution in [0.15, 0.2) is 4.52 Å². The number of nitrogens with zero attached hydrogens (tertiary/aromatic N) is 4. The average Bonchev–Trinajstić information content (AvgIpc) is 3.17. The molecule has 1 unspecified atom stereocenters. The van der Waals surface area contributed by atoms with Crippen LogP contribution >= 0.6 is 0 Å². The van der Waals surface area contributed by atoms with E-state index in [4.69, 9.17) is 4.52 Å². The molecule has 2 heterocycles. The highest BCUT2D eigenvalue weighted by Crippen LogP contribution is 2.30. The van der Waals surface area contributed by atoms with E-state index in [1.807, 2.05) is 0 Å². The first-order valence-electron chi connectivity index (χ1n) is 7.35. The molecular formula is C14H22N4O2. The molecule has 1 aliphatic heterocycles. The second-order valence-corrected chi connectivity index (χ2v) is 6.12. The van der Waals surface area contributed by atoms with Crippen LogP contribution in [0.1, 0.15) is 24.6 Å². The van der Waals surface area contributed by atoms with Crippen LogP contribution in [0.3, 0.4) is 0 Å². The van der Waals surface area contributed by atoms with Crippen molar-refractivity contribution in [3.63, 3.8) is 0 Å². The standard InChI is InChI=1S/C14H22N4O2/c1-17-5-6-18(2)11(9-17)7-13-15-14(20-16-13)8-12(19)10-3-4-10/h10-11H,3-9H2,1-2H3. The van der Waals surface area contributed by atoms with Crippen molar-refractivity contribution in [3.05, 3.63) is 11.7 Å². The average molecular weight is 278 g/mol. The van der Waals surface area contributed by atoms with Crippen molar-refractivity contribution in [2.45, 2.75) is 31.7 Å². The molecule has 0 N–H and O–H groups in total. The topological polar surface area (TPSA) is 62.5 Å². The molecule has 0 radical (unpaired) electrons. The molecule has 1 aromatic heterocycles. The van der Waals surface area contributed by atoms with Gasteiger partial charge in [0, 0.05) is 38.0 Å². The molecule has 20 heavy (non-hydrogen) atoms. The van der Waals surface area contributed by atoms with Gasteiger partial charge in [0.1, 0.15) is 5.78 Å². The van der Waals surface area contributed by atoms with Crippen molar-refractivity contribution in [3.8, 4) is 0 Å². The van der Waals surface area contributed by atoms with Crippen molar-refractivity contribution in [1.82, 2.24) is 19.9 Å². The first-order chi connectivity index (χ1) is 9.61. The van der Waals surface area contributed by atoms with Crippen molar-refractivity contribution >= 4 is 5.78 Å². The van der Waals surface area contributed by atoms with Crippen LogP contribution in [0.2, 0.25) is 0 Å². The van der Waals surface area contributed by atoms with Gasteiger partial charge in [0.2, 0.25) is 5.89 Å². The van der Waals surface area contributed by atoms with Gasteiger partial charge < -0.3 is 14.3 Å². The molecule has 1 atom stereocenters. The number of carbonyl (C=O) groups is 1. The van der Waals surface area contributed by atoms with Crippen molar-refractivity contribution in [2.75, 3.05) is 33.7 Å². The van der Waals surface area contributed by atoms with E-state index in [0.29, 0.717) is 18.4 Å². The fraction of sp³-hybridized carbons (Fsp3) is 0.786. The Morgan fingerprint density at radius 3 is 2.90 bits per heavy atom. The molecule has 0 bridgehead atoms. The third-order valence-electron chi connectivity index (χ3n) is 4.27. The lowest BCUT2D eigenvalue weighted by Crippen LogP contribution is -2.50. The summed E-state index contributed by atoms with van der Waals surface area (Å²) in [5, 5.41) is 4.02. The molecule has 3 rings (SSSR count). The Kier molecular flexibility index (Phi) is 3.85. The smallest absolute Gasteiger partial charge is 0.234 e. The monoisotopic (exact) mass is 278 g/mol. The summed E-state index contributed by atoms with van der Waals surface area (Å²) < 4.78 is 5.20. The first kappa shape index (κ1) is 13.7. The maximum Gasteiger partial charge on any atom is 0.234 e. The van der Waals surface area contributed by atoms with Gasteiger partial charge in [-0.2, -0.15) is 4.98 Å². The fourth-order valence-corrected chi connectivity index (χ4v) is 2.68. The van der Waals surface area contributed by atoms with Crippen molar-refractivity contribution in [2.24, 2.45) is 5.92 Å². The molecule has 110 valence electrons. The van der Waals surface area contributed by atoms with Gasteiger partial charge in [-0.15, -0.1) is 0 Å². The van der Waals surface area contributed by atoms with Crippen molar-refractivity contribution in [1.29, 1.82) is 0 Å². The van der Waals surface area contributed by atoms with Crippen LogP contribution < -0.4 is 0 Å². The summed E-state index contributed by atoms with van der Waals surface area (Å²) in [6.07, 6.45) is 3.14. The number of aromatic nitrogens is 2. The van der Waals surface area contributed by atoms with E-state index >= 15 is 0 Å². The predicted octanol–water partition coefficient (Wildman–Crippen LogP) is 0.379. The molecule has 6 nitrogen and oxygen atoms in total. The molecule has 1 saturated carbocycles. The van der Waals surface area contributed by atoms with Gasteiger partial charge in [-0.05, 0) is 26.9 Å². The van der Waals surface area contributed by atoms with Crippen molar-refractivity contribution < 1.29 is 9.32 Å². The lowest BCUT2D eigenvalue weighted by Gasteiger charge is -2.37. The highest BCUT2D eigenvalue weighted by Gasteiger charge is 2.31. The lowest BCUT2D eigenvalue weighted by atomic mass is 10.1. The van der Waals surface area contributed by atoms with Crippen LogP contribution in [0.5, 0.6) is 0 Å². The van der Waals surface area contributed by atoms with E-state index in [9.17, 15) is 4.79 Å². The fourth-order valence-electron chi connectivity index (χ4n) is 2.68. The molecule has 2 aliphatic rings. The summed E-state index contributed by atoms with van der Waals surface area (Å²) in [6, 6.07) is 0.415. The van der Waals surface area contributed by atoms with Gasteiger partial charge >= 0.3 is 0 Å². The summed E-state index contributed by atoms with van der Waals surface area (Å²) in [5.74, 6) is 1.69. The second-order valence-electron chi connectivity index (χ2n) is 6.12. The number of hydrogen-bond donors (Lipinski definition) is 0. The molecular weight excluding hydrogens is 256 g/mol. The maximum absolute atomic E-state index is 11.7. The minimum Gasteiger partial charge on any atom is -0.339 e. The first-order valence-corrected chi connectivity index (χ1v) is 7.35. The summed E-state index contributed by atoms with van der Waals surface area (Å²) in [5.41, 5.74) is 0. The van der Waals surface area contributed by atoms with Gasteiger partial charge in [-0.3, -0.25) is 4.79 Å². The number of hydrogen-bond acceptors (Lipinski definition) is 6. The zero-order valence-electron chi connectivity index (χ0n) is 12.2. The molecule has 0 spiro atoms. The number of carbonyl (C=O) groups excluding carboxylic acids is 1. The molecule has 2 fully saturated rings. The number of piperazine rings is 1. The Morgan fingerprint density at radius 2 is 2.15 bits per heavy atom. The van der Waals surface area contributed by atoms with Crippen LogP contribution in [0.25, 0.3) is 0 Å². The van der Waals surface area contributed by atoms with Gasteiger partial charge in [-0.25, -0.2) is 0 Å². The predicted molar refractivity (Wildman–Crippen MR) is 73.4 cm³/mol. The summed E-state index contributed by atoms with van der Waals surface area (Å²) >= 11 is 0. The maximum atomic E-state index is 11.7. The van der Waals surface area contributed by atoms with E-state index in [1.54, 1.807) is 0 Å². The van der Waals surface area contributed by atoms with Gasteiger partial charge in [0.15, 0.2) is 5.82 Å². The van der Waals surface area contributed by atoms with E-state index in [-0.39, 0.29) is 11.7 Å². The Balaban J connectivity index is 1.57. The molecule has 1 aromatic rings. The zero-order valence-corrected chi connectivity index (χ0v) is 12.2. The van der Waals surface area contributed by atoms with Gasteiger partial charge in [0.05, 0.1) is 6.42 Å². The Labute approximate surface area is 119 Å². The van der Waals surface area contributed by atoms with Crippen LogP contribution in [0.4, 0.5) is 0 Å². The zero-order chi connectivity index (χ0) is 14.1. The molecule has 1 saturated heterocycles. The molecule has 6 heteroatoms. The summed E-state index contributed by atoms with van der Waals surface area (Å²) in [6.45, 7) is 3.17. The van der Waals surface area contributed by atoms with E-state index in [2.05, 4.69) is 34.0 Å². The van der Waals surface area contributed by atoms with E-state index in [1.165, 1.54) is 0 Å². The third kappa shape index (κ3) is 3.24.